The number of fused-ring (bicyclic) bond motifs is 1. The van der Waals surface area contributed by atoms with E-state index in [9.17, 15) is 16.8 Å². The first-order valence-corrected chi connectivity index (χ1v) is 11.8. The van der Waals surface area contributed by atoms with Crippen LogP contribution in [0.1, 0.15) is 37.8 Å². The fraction of sp³-hybridized carbons (Fsp3) is 0.647. The van der Waals surface area contributed by atoms with Gasteiger partial charge in [0.05, 0.1) is 16.4 Å². The summed E-state index contributed by atoms with van der Waals surface area (Å²) < 4.78 is 51.5. The summed E-state index contributed by atoms with van der Waals surface area (Å²) >= 11 is 0. The lowest BCUT2D eigenvalue weighted by Gasteiger charge is -2.29. The maximum Gasteiger partial charge on any atom is 0.243 e. The Hall–Kier alpha value is -0.920. The van der Waals surface area contributed by atoms with Crippen LogP contribution in [0.4, 0.5) is 0 Å². The third-order valence-corrected chi connectivity index (χ3v) is 8.50. The molecule has 0 N–H and O–H groups in total. The molecule has 0 aromatic heterocycles. The Morgan fingerprint density at radius 3 is 2.54 bits per heavy atom. The lowest BCUT2D eigenvalue weighted by molar-refractivity contribution is 0.308. The third kappa shape index (κ3) is 3.53. The number of hydrogen-bond donors (Lipinski definition) is 0. The van der Waals surface area contributed by atoms with Crippen LogP contribution in [0, 0.1) is 5.92 Å². The van der Waals surface area contributed by atoms with E-state index in [0.717, 1.165) is 24.8 Å². The van der Waals surface area contributed by atoms with Gasteiger partial charge in [-0.05, 0) is 54.9 Å². The first-order chi connectivity index (χ1) is 11.2. The Labute approximate surface area is 145 Å². The van der Waals surface area contributed by atoms with Crippen LogP contribution in [0.15, 0.2) is 23.1 Å². The van der Waals surface area contributed by atoms with Crippen LogP contribution in [-0.4, -0.2) is 45.2 Å². The second-order valence-corrected chi connectivity index (χ2v) is 11.4. The molecule has 1 fully saturated rings. The molecular formula is C17H25NO4S2. The molecule has 0 amide bonds. The van der Waals surface area contributed by atoms with Crippen molar-refractivity contribution in [2.45, 2.75) is 50.5 Å². The van der Waals surface area contributed by atoms with Crippen molar-refractivity contribution in [1.29, 1.82) is 0 Å². The summed E-state index contributed by atoms with van der Waals surface area (Å²) in [5.74, 6) is 0.146. The van der Waals surface area contributed by atoms with Gasteiger partial charge in [-0.1, -0.05) is 19.9 Å². The maximum absolute atomic E-state index is 13.2. The Kier molecular flexibility index (Phi) is 4.79. The molecule has 0 saturated carbocycles. The molecule has 2 aliphatic rings. The summed E-state index contributed by atoms with van der Waals surface area (Å²) in [6, 6.07) is 4.93. The largest absolute Gasteiger partial charge is 0.243 e. The van der Waals surface area contributed by atoms with Crippen LogP contribution in [0.25, 0.3) is 0 Å². The Balaban J connectivity index is 1.96. The molecule has 1 heterocycles. The van der Waals surface area contributed by atoms with Gasteiger partial charge in [0.2, 0.25) is 10.0 Å². The number of rotatable bonds is 5. The average molecular weight is 372 g/mol. The van der Waals surface area contributed by atoms with Gasteiger partial charge in [-0.15, -0.1) is 0 Å². The number of sulfone groups is 1. The highest BCUT2D eigenvalue weighted by molar-refractivity contribution is 7.92. The molecular weight excluding hydrogens is 346 g/mol. The minimum atomic E-state index is -3.68. The van der Waals surface area contributed by atoms with Crippen LogP contribution >= 0.6 is 0 Å². The Bertz CT molecular complexity index is 828. The van der Waals surface area contributed by atoms with Gasteiger partial charge in [0.1, 0.15) is 0 Å². The highest BCUT2D eigenvalue weighted by Crippen LogP contribution is 2.29. The van der Waals surface area contributed by atoms with Crippen LogP contribution in [-0.2, 0) is 32.7 Å². The van der Waals surface area contributed by atoms with E-state index in [1.807, 2.05) is 19.9 Å². The fourth-order valence-electron chi connectivity index (χ4n) is 3.65. The zero-order chi connectivity index (χ0) is 17.5. The molecule has 1 atom stereocenters. The molecule has 1 aromatic carbocycles. The van der Waals surface area contributed by atoms with E-state index in [2.05, 4.69) is 0 Å². The van der Waals surface area contributed by atoms with Gasteiger partial charge in [0.25, 0.3) is 0 Å². The van der Waals surface area contributed by atoms with E-state index in [4.69, 9.17) is 0 Å². The number of benzene rings is 1. The zero-order valence-corrected chi connectivity index (χ0v) is 15.9. The molecule has 3 rings (SSSR count). The molecule has 0 radical (unpaired) electrons. The molecule has 1 aliphatic carbocycles. The first kappa shape index (κ1) is 17.9. The van der Waals surface area contributed by atoms with Crippen molar-refractivity contribution in [2.75, 3.05) is 18.1 Å². The summed E-state index contributed by atoms with van der Waals surface area (Å²) in [6.07, 6.45) is 3.38. The second kappa shape index (κ2) is 6.42. The average Bonchev–Trinajstić information content (AvgIpc) is 3.09. The van der Waals surface area contributed by atoms with Crippen molar-refractivity contribution >= 4 is 19.9 Å². The summed E-state index contributed by atoms with van der Waals surface area (Å²) in [6.45, 7) is 4.25. The smallest absolute Gasteiger partial charge is 0.229 e. The minimum Gasteiger partial charge on any atom is -0.229 e. The van der Waals surface area contributed by atoms with Crippen molar-refractivity contribution in [1.82, 2.24) is 4.31 Å². The molecule has 7 heteroatoms. The van der Waals surface area contributed by atoms with Crippen molar-refractivity contribution in [3.05, 3.63) is 29.3 Å². The van der Waals surface area contributed by atoms with Gasteiger partial charge in [0.15, 0.2) is 9.84 Å². The van der Waals surface area contributed by atoms with E-state index in [0.29, 0.717) is 17.9 Å². The predicted molar refractivity (Wildman–Crippen MR) is 94.3 cm³/mol. The lowest BCUT2D eigenvalue weighted by atomic mass is 10.1. The molecule has 1 saturated heterocycles. The molecule has 1 aliphatic heterocycles. The van der Waals surface area contributed by atoms with Gasteiger partial charge in [-0.25, -0.2) is 16.8 Å². The lowest BCUT2D eigenvalue weighted by Crippen LogP contribution is -2.43. The van der Waals surface area contributed by atoms with Crippen molar-refractivity contribution < 1.29 is 16.8 Å². The molecule has 1 aromatic rings. The fourth-order valence-corrected chi connectivity index (χ4v) is 7.34. The van der Waals surface area contributed by atoms with Crippen molar-refractivity contribution in [3.8, 4) is 0 Å². The molecule has 5 nitrogen and oxygen atoms in total. The van der Waals surface area contributed by atoms with Crippen molar-refractivity contribution in [2.24, 2.45) is 5.92 Å². The number of hydrogen-bond acceptors (Lipinski definition) is 4. The van der Waals surface area contributed by atoms with Gasteiger partial charge >= 0.3 is 0 Å². The van der Waals surface area contributed by atoms with Crippen LogP contribution in [0.5, 0.6) is 0 Å². The monoisotopic (exact) mass is 371 g/mol. The van der Waals surface area contributed by atoms with Gasteiger partial charge < -0.3 is 0 Å². The van der Waals surface area contributed by atoms with E-state index >= 15 is 0 Å². The van der Waals surface area contributed by atoms with Gasteiger partial charge in [-0.3, -0.25) is 0 Å². The molecule has 24 heavy (non-hydrogen) atoms. The predicted octanol–water partition coefficient (Wildman–Crippen LogP) is 2.01. The topological polar surface area (TPSA) is 71.5 Å². The Morgan fingerprint density at radius 2 is 1.92 bits per heavy atom. The third-order valence-electron chi connectivity index (χ3n) is 4.84. The maximum atomic E-state index is 13.2. The Morgan fingerprint density at radius 1 is 1.21 bits per heavy atom. The zero-order valence-electron chi connectivity index (χ0n) is 14.2. The SMILES string of the molecule is CC(C)CN([C@H]1CCS(=O)(=O)C1)S(=O)(=O)c1ccc2c(c1)CCC2. The van der Waals surface area contributed by atoms with E-state index in [-0.39, 0.29) is 17.4 Å². The molecule has 134 valence electrons. The standard InChI is InChI=1S/C17H25NO4S2/c1-13(2)11-18(16-8-9-23(19,20)12-16)24(21,22)17-7-6-14-4-3-5-15(14)10-17/h6-7,10,13,16H,3-5,8-9,11-12H2,1-2H3/t16-/m0/s1. The molecule has 0 spiro atoms. The molecule has 0 bridgehead atoms. The van der Waals surface area contributed by atoms with Crippen LogP contribution in [0.2, 0.25) is 0 Å². The van der Waals surface area contributed by atoms with E-state index in [1.165, 1.54) is 9.87 Å². The van der Waals surface area contributed by atoms with E-state index in [1.54, 1.807) is 12.1 Å². The second-order valence-electron chi connectivity index (χ2n) is 7.31. The normalized spacial score (nSPS) is 23.1. The van der Waals surface area contributed by atoms with E-state index < -0.39 is 25.9 Å². The first-order valence-electron chi connectivity index (χ1n) is 8.53. The van der Waals surface area contributed by atoms with Crippen molar-refractivity contribution in [3.63, 3.8) is 0 Å². The summed E-state index contributed by atoms with van der Waals surface area (Å²) in [5, 5.41) is 0. The molecule has 0 unspecified atom stereocenters. The minimum absolute atomic E-state index is 0.0656. The van der Waals surface area contributed by atoms with Crippen LogP contribution in [0.3, 0.4) is 0 Å². The quantitative estimate of drug-likeness (QED) is 0.794. The summed E-state index contributed by atoms with van der Waals surface area (Å²) in [4.78, 5) is 0.299. The van der Waals surface area contributed by atoms with Gasteiger partial charge in [-0.2, -0.15) is 4.31 Å². The summed E-state index contributed by atoms with van der Waals surface area (Å²) in [5.41, 5.74) is 2.34. The number of aryl methyl sites for hydroxylation is 2. The number of sulfonamides is 1. The highest BCUT2D eigenvalue weighted by atomic mass is 32.2. The van der Waals surface area contributed by atoms with Crippen LogP contribution < -0.4 is 0 Å². The summed E-state index contributed by atoms with van der Waals surface area (Å²) in [7, 11) is -6.82. The van der Waals surface area contributed by atoms with Gasteiger partial charge in [0, 0.05) is 12.6 Å². The number of nitrogens with zero attached hydrogens (tertiary/aromatic N) is 1. The highest BCUT2D eigenvalue weighted by Gasteiger charge is 2.39.